The van der Waals surface area contributed by atoms with E-state index in [1.807, 2.05) is 6.07 Å². The Morgan fingerprint density at radius 1 is 1.80 bits per heavy atom. The molecule has 3 N–H and O–H groups in total. The number of rotatable bonds is 1. The average molecular weight is 175 g/mol. The van der Waals surface area contributed by atoms with E-state index < -0.39 is 0 Å². The Kier molecular flexibility index (Phi) is 2.06. The molecule has 0 radical (unpaired) electrons. The van der Waals surface area contributed by atoms with Crippen molar-refractivity contribution in [2.45, 2.75) is 0 Å². The molecular weight excluding hydrogens is 172 g/mol. The summed E-state index contributed by atoms with van der Waals surface area (Å²) in [4.78, 5) is 3.74. The first kappa shape index (κ1) is 7.28. The predicted octanol–water partition coefficient (Wildman–Crippen LogP) is 0.954. The quantitative estimate of drug-likeness (QED) is 0.491. The standard InChI is InChI=1S/C4H3ClN4S/c5-3-2(1-6)8-4(9-7)10-3/h7H2,(H,8,9). The van der Waals surface area contributed by atoms with Gasteiger partial charge in [-0.3, -0.25) is 5.43 Å². The van der Waals surface area contributed by atoms with Gasteiger partial charge in [-0.05, 0) is 0 Å². The van der Waals surface area contributed by atoms with Gasteiger partial charge in [0.1, 0.15) is 10.4 Å². The molecule has 0 aliphatic carbocycles. The highest BCUT2D eigenvalue weighted by atomic mass is 35.5. The maximum atomic E-state index is 8.37. The Hall–Kier alpha value is -0.830. The van der Waals surface area contributed by atoms with Crippen LogP contribution in [0.25, 0.3) is 0 Å². The molecule has 0 aliphatic rings. The van der Waals surface area contributed by atoms with E-state index >= 15 is 0 Å². The highest BCUT2D eigenvalue weighted by molar-refractivity contribution is 7.19. The summed E-state index contributed by atoms with van der Waals surface area (Å²) in [5.74, 6) is 5.02. The second kappa shape index (κ2) is 2.84. The van der Waals surface area contributed by atoms with Gasteiger partial charge in [-0.2, -0.15) is 5.26 Å². The zero-order chi connectivity index (χ0) is 7.56. The van der Waals surface area contributed by atoms with E-state index in [1.54, 1.807) is 0 Å². The van der Waals surface area contributed by atoms with Gasteiger partial charge in [0.15, 0.2) is 10.8 Å². The minimum atomic E-state index is 0.208. The molecule has 0 amide bonds. The lowest BCUT2D eigenvalue weighted by atomic mass is 10.6. The Labute approximate surface area is 66.2 Å². The third kappa shape index (κ3) is 1.19. The zero-order valence-corrected chi connectivity index (χ0v) is 6.33. The summed E-state index contributed by atoms with van der Waals surface area (Å²) in [7, 11) is 0. The number of nitrogens with zero attached hydrogens (tertiary/aromatic N) is 2. The second-order valence-electron chi connectivity index (χ2n) is 1.40. The second-order valence-corrected chi connectivity index (χ2v) is 3.00. The smallest absolute Gasteiger partial charge is 0.199 e. The molecule has 52 valence electrons. The van der Waals surface area contributed by atoms with Gasteiger partial charge < -0.3 is 0 Å². The van der Waals surface area contributed by atoms with Crippen LogP contribution in [-0.2, 0) is 0 Å². The number of hydrogen-bond acceptors (Lipinski definition) is 5. The van der Waals surface area contributed by atoms with Crippen LogP contribution in [0, 0.1) is 11.3 Å². The van der Waals surface area contributed by atoms with E-state index in [2.05, 4.69) is 10.4 Å². The normalized spacial score (nSPS) is 8.90. The lowest BCUT2D eigenvalue weighted by Gasteiger charge is -1.84. The van der Waals surface area contributed by atoms with E-state index in [0.717, 1.165) is 11.3 Å². The van der Waals surface area contributed by atoms with Crippen LogP contribution < -0.4 is 11.3 Å². The molecule has 1 rings (SSSR count). The number of hydrogen-bond donors (Lipinski definition) is 2. The first-order chi connectivity index (χ1) is 4.77. The van der Waals surface area contributed by atoms with Crippen molar-refractivity contribution in [1.82, 2.24) is 4.98 Å². The summed E-state index contributed by atoms with van der Waals surface area (Å²) in [6.45, 7) is 0. The van der Waals surface area contributed by atoms with Crippen LogP contribution in [0.5, 0.6) is 0 Å². The van der Waals surface area contributed by atoms with Gasteiger partial charge >= 0.3 is 0 Å². The van der Waals surface area contributed by atoms with E-state index in [1.165, 1.54) is 0 Å². The summed E-state index contributed by atoms with van der Waals surface area (Å²) in [6, 6.07) is 1.82. The van der Waals surface area contributed by atoms with Crippen molar-refractivity contribution in [3.05, 3.63) is 10.0 Å². The van der Waals surface area contributed by atoms with Gasteiger partial charge in [0.2, 0.25) is 0 Å². The van der Waals surface area contributed by atoms with Crippen molar-refractivity contribution < 1.29 is 0 Å². The molecule has 4 nitrogen and oxygen atoms in total. The molecule has 1 aromatic heterocycles. The first-order valence-electron chi connectivity index (χ1n) is 2.31. The molecule has 0 bridgehead atoms. The van der Waals surface area contributed by atoms with Gasteiger partial charge in [-0.15, -0.1) is 0 Å². The molecule has 1 heterocycles. The lowest BCUT2D eigenvalue weighted by Crippen LogP contribution is -2.05. The SMILES string of the molecule is N#Cc1nc(NN)sc1Cl. The lowest BCUT2D eigenvalue weighted by molar-refractivity contribution is 1.26. The van der Waals surface area contributed by atoms with Crippen molar-refractivity contribution in [1.29, 1.82) is 5.26 Å². The van der Waals surface area contributed by atoms with Crippen LogP contribution in [0.15, 0.2) is 0 Å². The molecule has 0 spiro atoms. The molecule has 10 heavy (non-hydrogen) atoms. The fourth-order valence-electron chi connectivity index (χ4n) is 0.432. The van der Waals surface area contributed by atoms with Crippen molar-refractivity contribution in [2.24, 2.45) is 5.84 Å². The highest BCUT2D eigenvalue weighted by Gasteiger charge is 2.05. The maximum absolute atomic E-state index is 8.37. The van der Waals surface area contributed by atoms with E-state index in [-0.39, 0.29) is 5.69 Å². The van der Waals surface area contributed by atoms with Crippen molar-refractivity contribution in [2.75, 3.05) is 5.43 Å². The number of halogens is 1. The highest BCUT2D eigenvalue weighted by Crippen LogP contribution is 2.26. The van der Waals surface area contributed by atoms with Crippen molar-refractivity contribution in [3.8, 4) is 6.07 Å². The Morgan fingerprint density at radius 2 is 2.50 bits per heavy atom. The number of hydrazine groups is 1. The first-order valence-corrected chi connectivity index (χ1v) is 3.50. The molecule has 0 fully saturated rings. The fraction of sp³-hybridized carbons (Fsp3) is 0. The van der Waals surface area contributed by atoms with E-state index in [4.69, 9.17) is 22.7 Å². The molecule has 0 saturated carbocycles. The van der Waals surface area contributed by atoms with Gasteiger partial charge in [0.25, 0.3) is 0 Å². The Bertz CT molecular complexity index is 275. The third-order valence-electron chi connectivity index (χ3n) is 0.815. The number of aromatic nitrogens is 1. The van der Waals surface area contributed by atoms with Crippen LogP contribution in [0.3, 0.4) is 0 Å². The number of nitrogens with one attached hydrogen (secondary N) is 1. The van der Waals surface area contributed by atoms with Crippen LogP contribution in [0.4, 0.5) is 5.13 Å². The van der Waals surface area contributed by atoms with E-state index in [0.29, 0.717) is 9.47 Å². The minimum Gasteiger partial charge on any atom is -0.300 e. The molecule has 0 aromatic carbocycles. The van der Waals surface area contributed by atoms with Crippen LogP contribution in [-0.4, -0.2) is 4.98 Å². The predicted molar refractivity (Wildman–Crippen MR) is 39.6 cm³/mol. The number of nitrogens with two attached hydrogens (primary N) is 1. The average Bonchev–Trinajstić information content (AvgIpc) is 2.30. The Morgan fingerprint density at radius 3 is 2.80 bits per heavy atom. The topological polar surface area (TPSA) is 74.7 Å². The zero-order valence-electron chi connectivity index (χ0n) is 4.76. The molecule has 0 aliphatic heterocycles. The molecule has 6 heteroatoms. The molecule has 0 saturated heterocycles. The molecule has 0 unspecified atom stereocenters. The van der Waals surface area contributed by atoms with Gasteiger partial charge in [-0.25, -0.2) is 10.8 Å². The van der Waals surface area contributed by atoms with Crippen molar-refractivity contribution in [3.63, 3.8) is 0 Å². The largest absolute Gasteiger partial charge is 0.300 e. The van der Waals surface area contributed by atoms with Crippen LogP contribution >= 0.6 is 22.9 Å². The van der Waals surface area contributed by atoms with E-state index in [9.17, 15) is 0 Å². The molecule has 0 atom stereocenters. The number of anilines is 1. The number of nitrogen functional groups attached to an aromatic ring is 1. The molecular formula is C4H3ClN4S. The minimum absolute atomic E-state index is 0.208. The summed E-state index contributed by atoms with van der Waals surface area (Å²) >= 11 is 6.70. The maximum Gasteiger partial charge on any atom is 0.199 e. The summed E-state index contributed by atoms with van der Waals surface area (Å²) in [6.07, 6.45) is 0. The summed E-state index contributed by atoms with van der Waals surface area (Å²) in [5.41, 5.74) is 2.50. The summed E-state index contributed by atoms with van der Waals surface area (Å²) in [5, 5.41) is 8.81. The van der Waals surface area contributed by atoms with Gasteiger partial charge in [0.05, 0.1) is 0 Å². The van der Waals surface area contributed by atoms with Crippen molar-refractivity contribution >= 4 is 28.1 Å². The monoisotopic (exact) mass is 174 g/mol. The van der Waals surface area contributed by atoms with Gasteiger partial charge in [0, 0.05) is 0 Å². The molecule has 1 aromatic rings. The third-order valence-corrected chi connectivity index (χ3v) is 2.00. The number of thiazole rings is 1. The Balaban J connectivity index is 3.07. The fourth-order valence-corrected chi connectivity index (χ4v) is 1.29. The number of nitriles is 1. The summed E-state index contributed by atoms with van der Waals surface area (Å²) < 4.78 is 0.357. The van der Waals surface area contributed by atoms with Crippen LogP contribution in [0.1, 0.15) is 5.69 Å². The van der Waals surface area contributed by atoms with Crippen LogP contribution in [0.2, 0.25) is 4.34 Å². The van der Waals surface area contributed by atoms with Gasteiger partial charge in [-0.1, -0.05) is 22.9 Å².